The van der Waals surface area contributed by atoms with Crippen molar-refractivity contribution in [1.82, 2.24) is 0 Å². The van der Waals surface area contributed by atoms with Gasteiger partial charge < -0.3 is 78.0 Å². The van der Waals surface area contributed by atoms with Gasteiger partial charge in [-0.3, -0.25) is 0 Å². The first kappa shape index (κ1) is 81.3. The van der Waals surface area contributed by atoms with Gasteiger partial charge in [0.05, 0.1) is 74.1 Å². The first-order valence-electron chi connectivity index (χ1n) is 45.7. The van der Waals surface area contributed by atoms with Crippen molar-refractivity contribution < 1.29 is 97.2 Å². The van der Waals surface area contributed by atoms with Crippen LogP contribution in [0.3, 0.4) is 0 Å². The lowest BCUT2D eigenvalue weighted by molar-refractivity contribution is -0.162. The molecule has 20 nitrogen and oxygen atoms in total. The molecule has 0 amide bonds. The molecule has 124 heavy (non-hydrogen) atoms. The highest BCUT2D eigenvalue weighted by Gasteiger charge is 2.53. The summed E-state index contributed by atoms with van der Waals surface area (Å²) >= 11 is 0. The van der Waals surface area contributed by atoms with Gasteiger partial charge in [-0.05, 0) is 353 Å². The van der Waals surface area contributed by atoms with Crippen LogP contribution in [0.1, 0.15) is 271 Å². The molecule has 0 aromatic heterocycles. The minimum atomic E-state index is -1.11. The number of methoxy groups -OCH3 is 2. The summed E-state index contributed by atoms with van der Waals surface area (Å²) in [5, 5.41) is 76.5. The largest absolute Gasteiger partial charge is 0.508 e. The fraction of sp³-hybridized carbons (Fsp3) is 0.500. The molecule has 648 valence electrons. The zero-order chi connectivity index (χ0) is 84.4. The first-order valence-corrected chi connectivity index (χ1v) is 45.7. The molecule has 20 heteroatoms. The summed E-state index contributed by atoms with van der Waals surface area (Å²) in [6.07, 6.45) is 23.5. The van der Waals surface area contributed by atoms with Crippen LogP contribution in [0.2, 0.25) is 0 Å². The molecule has 8 aromatic rings. The van der Waals surface area contributed by atoms with E-state index in [0.717, 1.165) is 150 Å². The average Bonchev–Trinajstić information content (AvgIpc) is 0.734. The van der Waals surface area contributed by atoms with E-state index in [1.165, 1.54) is 64.2 Å². The minimum absolute atomic E-state index is 0.0274. The second-order valence-electron chi connectivity index (χ2n) is 39.5. The van der Waals surface area contributed by atoms with E-state index in [0.29, 0.717) is 91.9 Å². The summed E-state index contributed by atoms with van der Waals surface area (Å²) < 4.78 is 62.3. The van der Waals surface area contributed by atoms with Gasteiger partial charge in [0.2, 0.25) is 0 Å². The fourth-order valence-electron chi connectivity index (χ4n) is 28.0. The Morgan fingerprint density at radius 2 is 0.468 bits per heavy atom. The van der Waals surface area contributed by atoms with Crippen LogP contribution >= 0.6 is 0 Å². The molecule has 8 aromatic carbocycles. The number of hydrogen-bond acceptors (Lipinski definition) is 20. The Bertz CT molecular complexity index is 4590. The number of fused-ring (bicyclic) bond motifs is 8. The Labute approximate surface area is 723 Å². The maximum Gasteiger partial charge on any atom is 0.340 e. The van der Waals surface area contributed by atoms with Crippen molar-refractivity contribution in [2.45, 2.75) is 190 Å². The SMILES string of the molecule is COc1cc(O)c2cc1C(c1ccc(C(=O)OCOC3C4CC5CC(C4)CC3C5)cc1)c1cc(c(OC)cc1O)C(c1ccc(C(=O)OCOC3C4CC5CC(C4)CC3C5)cc1)c1cc(c(CO)cc1O)C(c1ccc(C(=O)OCOC3C4CC5CC(C4)CC3C5)cc1)c1cc(c(CO)cc1O)C2c1ccc(C(=O)OCOC2C3CC4CC(C3)CC2C4)cc1. The second kappa shape index (κ2) is 33.5. The number of ether oxygens (including phenoxy) is 10. The van der Waals surface area contributed by atoms with Gasteiger partial charge in [0.1, 0.15) is 34.5 Å². The van der Waals surface area contributed by atoms with Crippen molar-refractivity contribution in [3.63, 3.8) is 0 Å². The summed E-state index contributed by atoms with van der Waals surface area (Å²) in [4.78, 5) is 57.3. The summed E-state index contributed by atoms with van der Waals surface area (Å²) in [5.74, 6) is 1.92. The molecule has 0 aliphatic heterocycles. The predicted octanol–water partition coefficient (Wildman–Crippen LogP) is 18.4. The van der Waals surface area contributed by atoms with Crippen LogP contribution in [-0.4, -0.2) is 120 Å². The van der Waals surface area contributed by atoms with E-state index in [4.69, 9.17) is 47.4 Å². The van der Waals surface area contributed by atoms with Gasteiger partial charge in [0, 0.05) is 69.2 Å². The van der Waals surface area contributed by atoms with Crippen LogP contribution in [0.15, 0.2) is 146 Å². The molecule has 16 fully saturated rings. The van der Waals surface area contributed by atoms with Gasteiger partial charge in [-0.2, -0.15) is 0 Å². The van der Waals surface area contributed by atoms with E-state index in [1.807, 2.05) is 0 Å². The van der Waals surface area contributed by atoms with E-state index in [9.17, 15) is 49.8 Å². The van der Waals surface area contributed by atoms with Crippen molar-refractivity contribution in [1.29, 1.82) is 0 Å². The van der Waals surface area contributed by atoms with E-state index in [2.05, 4.69) is 0 Å². The fourth-order valence-corrected chi connectivity index (χ4v) is 28.0. The normalized spacial score (nSPS) is 32.0. The van der Waals surface area contributed by atoms with Crippen LogP contribution in [0.4, 0.5) is 0 Å². The number of carbonyl (C=O) groups is 4. The molecular formula is C104H112O20. The standard InChI is InChI=1S/C104H112O20/c1-115-91-45-89(109)83-43-85(91)96(64-9-17-68(18-10-64)104(114)124-52-120-100-75-35-59-22-60(37-75)38-76(100)36-59)84-44-86(92(116-2)46-90(84)110)95(63-7-15-67(16-8-63)103(113)123-51-119-99-73-31-57-21-58(33-73)34-74(99)32-57)82-42-80(78(48-106)40-88(82)108)93(61-3-11-65(12-4-61)101(111)121-49-117-97-69-23-53-19-54(25-69)26-70(97)24-53)81-41-79(77(47-105)39-87(81)107)94(83)62-5-13-66(14-6-62)102(112)122-50-118-98-71-27-55-20-56(29-71)30-72(98)28-55/h3-18,39-46,53-60,69-76,93-100,105-110H,19-38,47-52H2,1-2H3. The number of aliphatic hydroxyl groups excluding tert-OH is 2. The smallest absolute Gasteiger partial charge is 0.340 e. The molecule has 24 bridgehead atoms. The number of phenolic OH excluding ortho intramolecular Hbond substituents is 4. The lowest BCUT2D eigenvalue weighted by atomic mass is 9.55. The van der Waals surface area contributed by atoms with Crippen molar-refractivity contribution in [3.8, 4) is 34.5 Å². The third-order valence-corrected chi connectivity index (χ3v) is 32.4. The van der Waals surface area contributed by atoms with Gasteiger partial charge in [0.15, 0.2) is 27.2 Å². The lowest BCUT2D eigenvalue weighted by Gasteiger charge is -2.53. The van der Waals surface area contributed by atoms with Crippen molar-refractivity contribution in [2.24, 2.45) is 94.7 Å². The minimum Gasteiger partial charge on any atom is -0.508 e. The number of phenols is 4. The molecule has 0 radical (unpaired) electrons. The summed E-state index contributed by atoms with van der Waals surface area (Å²) in [6.45, 7) is -2.11. The first-order chi connectivity index (χ1) is 60.4. The molecule has 0 spiro atoms. The Balaban J connectivity index is 0.697. The van der Waals surface area contributed by atoms with E-state index >= 15 is 0 Å². The van der Waals surface area contributed by atoms with E-state index in [1.54, 1.807) is 121 Å². The maximum atomic E-state index is 14.3. The Kier molecular flexibility index (Phi) is 22.0. The summed E-state index contributed by atoms with van der Waals surface area (Å²) in [5.41, 5.74) is 5.93. The number of benzene rings is 8. The zero-order valence-electron chi connectivity index (χ0n) is 70.5. The summed E-state index contributed by atoms with van der Waals surface area (Å²) in [6, 6.07) is 40.3. The van der Waals surface area contributed by atoms with E-state index in [-0.39, 0.29) is 142 Å². The third-order valence-electron chi connectivity index (χ3n) is 32.4. The van der Waals surface area contributed by atoms with Gasteiger partial charge in [0.25, 0.3) is 0 Å². The molecular weight excluding hydrogens is 1570 g/mol. The molecule has 4 atom stereocenters. The maximum absolute atomic E-state index is 14.3. The molecule has 6 N–H and O–H groups in total. The van der Waals surface area contributed by atoms with Crippen LogP contribution in [0.25, 0.3) is 0 Å². The zero-order valence-corrected chi connectivity index (χ0v) is 70.5. The van der Waals surface area contributed by atoms with E-state index < -0.39 is 60.8 Å². The number of esters is 4. The number of carbonyl (C=O) groups excluding carboxylic acids is 4. The van der Waals surface area contributed by atoms with Crippen LogP contribution < -0.4 is 9.47 Å². The molecule has 25 rings (SSSR count). The number of aliphatic hydroxyl groups is 2. The van der Waals surface area contributed by atoms with Gasteiger partial charge >= 0.3 is 23.9 Å². The van der Waals surface area contributed by atoms with Crippen molar-refractivity contribution in [3.05, 3.63) is 246 Å². The molecule has 17 aliphatic rings. The molecule has 0 heterocycles. The van der Waals surface area contributed by atoms with Crippen LogP contribution in [-0.2, 0) is 51.1 Å². The molecule has 0 saturated heterocycles. The van der Waals surface area contributed by atoms with Gasteiger partial charge in [-0.15, -0.1) is 0 Å². The number of rotatable bonds is 24. The van der Waals surface area contributed by atoms with Crippen molar-refractivity contribution in [2.75, 3.05) is 41.4 Å². The topological polar surface area (TPSA) is 282 Å². The highest BCUT2D eigenvalue weighted by atomic mass is 16.7. The van der Waals surface area contributed by atoms with Gasteiger partial charge in [-0.1, -0.05) is 48.5 Å². The Morgan fingerprint density at radius 3 is 0.677 bits per heavy atom. The van der Waals surface area contributed by atoms with Crippen molar-refractivity contribution >= 4 is 23.9 Å². The number of aromatic hydroxyl groups is 4. The third kappa shape index (κ3) is 15.2. The quantitative estimate of drug-likeness (QED) is 0.0186. The number of hydrogen-bond donors (Lipinski definition) is 6. The molecule has 4 unspecified atom stereocenters. The predicted molar refractivity (Wildman–Crippen MR) is 456 cm³/mol. The van der Waals surface area contributed by atoms with Crippen LogP contribution in [0.5, 0.6) is 34.5 Å². The van der Waals surface area contributed by atoms with Crippen LogP contribution in [0, 0.1) is 94.7 Å². The average molecular weight is 1680 g/mol. The summed E-state index contributed by atoms with van der Waals surface area (Å²) in [7, 11) is 2.94. The molecule has 17 aliphatic carbocycles. The monoisotopic (exact) mass is 1680 g/mol. The molecule has 16 saturated carbocycles. The van der Waals surface area contributed by atoms with Gasteiger partial charge in [-0.25, -0.2) is 19.2 Å². The Hall–Kier alpha value is -9.80. The lowest BCUT2D eigenvalue weighted by Crippen LogP contribution is -2.49. The second-order valence-corrected chi connectivity index (χ2v) is 39.5. The highest BCUT2D eigenvalue weighted by Crippen LogP contribution is 2.61. The highest BCUT2D eigenvalue weighted by molar-refractivity contribution is 5.91. The Morgan fingerprint density at radius 1 is 0.266 bits per heavy atom.